The van der Waals surface area contributed by atoms with E-state index in [0.29, 0.717) is 31.6 Å². The number of rotatable bonds is 4. The van der Waals surface area contributed by atoms with Crippen LogP contribution in [0.1, 0.15) is 12.8 Å². The van der Waals surface area contributed by atoms with E-state index in [2.05, 4.69) is 20.2 Å². The topological polar surface area (TPSA) is 121 Å². The number of anilines is 2. The minimum absolute atomic E-state index is 0.180. The van der Waals surface area contributed by atoms with Gasteiger partial charge in [-0.15, -0.1) is 0 Å². The van der Waals surface area contributed by atoms with Crippen LogP contribution in [0.25, 0.3) is 0 Å². The van der Waals surface area contributed by atoms with Crippen LogP contribution < -0.4 is 10.2 Å². The number of nitrogens with zero attached hydrogens (tertiary/aromatic N) is 4. The number of carbonyl (C=O) groups excluding carboxylic acids is 1. The molecule has 1 aliphatic heterocycles. The summed E-state index contributed by atoms with van der Waals surface area (Å²) >= 11 is 0. The number of aromatic hydroxyl groups is 1. The Morgan fingerprint density at radius 2 is 2.08 bits per heavy atom. The first kappa shape index (κ1) is 16.6. The van der Waals surface area contributed by atoms with Gasteiger partial charge in [-0.3, -0.25) is 19.9 Å². The Labute approximate surface area is 143 Å². The monoisotopic (exact) mass is 343 g/mol. The van der Waals surface area contributed by atoms with Gasteiger partial charge in [0.2, 0.25) is 5.91 Å². The van der Waals surface area contributed by atoms with Gasteiger partial charge in [-0.25, -0.2) is 4.98 Å². The van der Waals surface area contributed by atoms with Gasteiger partial charge in [0.05, 0.1) is 11.1 Å². The summed E-state index contributed by atoms with van der Waals surface area (Å²) in [4.78, 5) is 32.9. The molecule has 9 heteroatoms. The molecule has 1 aromatic carbocycles. The molecule has 0 spiro atoms. The number of phenols is 1. The second kappa shape index (κ2) is 7.12. The van der Waals surface area contributed by atoms with Crippen molar-refractivity contribution < 1.29 is 14.8 Å². The third-order valence-electron chi connectivity index (χ3n) is 4.18. The SMILES string of the molecule is O=C(Nc1ccc(O)c([N+](=O)[O-])c1)C1CCN(c2cnccn2)CC1. The fourth-order valence-corrected chi connectivity index (χ4v) is 2.82. The Morgan fingerprint density at radius 1 is 1.32 bits per heavy atom. The second-order valence-corrected chi connectivity index (χ2v) is 5.77. The molecule has 1 saturated heterocycles. The van der Waals surface area contributed by atoms with E-state index < -0.39 is 16.4 Å². The van der Waals surface area contributed by atoms with Gasteiger partial charge in [0.1, 0.15) is 5.82 Å². The highest BCUT2D eigenvalue weighted by atomic mass is 16.6. The summed E-state index contributed by atoms with van der Waals surface area (Å²) in [5, 5.41) is 23.0. The molecule has 2 heterocycles. The van der Waals surface area contributed by atoms with Crippen LogP contribution in [0, 0.1) is 16.0 Å². The first-order valence-corrected chi connectivity index (χ1v) is 7.84. The van der Waals surface area contributed by atoms with Gasteiger partial charge in [-0.2, -0.15) is 0 Å². The van der Waals surface area contributed by atoms with Crippen LogP contribution in [0.2, 0.25) is 0 Å². The van der Waals surface area contributed by atoms with Crippen molar-refractivity contribution in [2.75, 3.05) is 23.3 Å². The van der Waals surface area contributed by atoms with E-state index in [9.17, 15) is 20.0 Å². The minimum Gasteiger partial charge on any atom is -0.502 e. The molecule has 3 rings (SSSR count). The molecule has 0 aliphatic carbocycles. The standard InChI is InChI=1S/C16H17N5O4/c22-14-2-1-12(9-13(14)21(24)25)19-16(23)11-3-7-20(8-4-11)15-10-17-5-6-18-15/h1-2,5-6,9-11,22H,3-4,7-8H2,(H,19,23). The molecule has 130 valence electrons. The van der Waals surface area contributed by atoms with Gasteiger partial charge >= 0.3 is 5.69 Å². The number of piperidine rings is 1. The van der Waals surface area contributed by atoms with Crippen molar-refractivity contribution in [3.05, 3.63) is 46.9 Å². The largest absolute Gasteiger partial charge is 0.502 e. The van der Waals surface area contributed by atoms with Crippen molar-refractivity contribution >= 4 is 23.1 Å². The van der Waals surface area contributed by atoms with Crippen LogP contribution in [0.15, 0.2) is 36.8 Å². The third-order valence-corrected chi connectivity index (χ3v) is 4.18. The smallest absolute Gasteiger partial charge is 0.312 e. The van der Waals surface area contributed by atoms with Gasteiger partial charge in [0.25, 0.3) is 0 Å². The summed E-state index contributed by atoms with van der Waals surface area (Å²) in [6.07, 6.45) is 6.24. The van der Waals surface area contributed by atoms with Gasteiger partial charge < -0.3 is 15.3 Å². The molecule has 2 N–H and O–H groups in total. The first-order chi connectivity index (χ1) is 12.0. The molecular formula is C16H17N5O4. The van der Waals surface area contributed by atoms with Crippen LogP contribution in [-0.4, -0.2) is 39.0 Å². The second-order valence-electron chi connectivity index (χ2n) is 5.77. The van der Waals surface area contributed by atoms with Crippen molar-refractivity contribution in [3.63, 3.8) is 0 Å². The van der Waals surface area contributed by atoms with E-state index in [4.69, 9.17) is 0 Å². The molecule has 1 fully saturated rings. The molecule has 0 atom stereocenters. The van der Waals surface area contributed by atoms with Crippen molar-refractivity contribution in [2.45, 2.75) is 12.8 Å². The van der Waals surface area contributed by atoms with Crippen LogP contribution in [0.4, 0.5) is 17.2 Å². The average molecular weight is 343 g/mol. The zero-order valence-electron chi connectivity index (χ0n) is 13.3. The van der Waals surface area contributed by atoms with Crippen molar-refractivity contribution in [2.24, 2.45) is 5.92 Å². The molecule has 0 bridgehead atoms. The highest BCUT2D eigenvalue weighted by molar-refractivity contribution is 5.93. The van der Waals surface area contributed by atoms with Gasteiger partial charge in [-0.1, -0.05) is 0 Å². The normalized spacial score (nSPS) is 15.0. The molecule has 1 amide bonds. The predicted molar refractivity (Wildman–Crippen MR) is 90.4 cm³/mol. The number of hydrogen-bond acceptors (Lipinski definition) is 7. The fourth-order valence-electron chi connectivity index (χ4n) is 2.82. The Bertz CT molecular complexity index is 775. The van der Waals surface area contributed by atoms with Crippen molar-refractivity contribution in [1.29, 1.82) is 0 Å². The Hall–Kier alpha value is -3.23. The molecule has 1 aromatic heterocycles. The van der Waals surface area contributed by atoms with Gasteiger partial charge in [-0.05, 0) is 25.0 Å². The lowest BCUT2D eigenvalue weighted by Gasteiger charge is -2.31. The fraction of sp³-hybridized carbons (Fsp3) is 0.312. The predicted octanol–water partition coefficient (Wildman–Crippen LogP) is 1.95. The van der Waals surface area contributed by atoms with Gasteiger partial charge in [0.15, 0.2) is 5.75 Å². The zero-order chi connectivity index (χ0) is 17.8. The maximum Gasteiger partial charge on any atom is 0.312 e. The summed E-state index contributed by atoms with van der Waals surface area (Å²) < 4.78 is 0. The summed E-state index contributed by atoms with van der Waals surface area (Å²) in [7, 11) is 0. The Morgan fingerprint density at radius 3 is 2.72 bits per heavy atom. The number of carbonyl (C=O) groups is 1. The molecule has 1 aliphatic rings. The summed E-state index contributed by atoms with van der Waals surface area (Å²) in [6.45, 7) is 1.37. The lowest BCUT2D eigenvalue weighted by atomic mass is 9.96. The number of aromatic nitrogens is 2. The van der Waals surface area contributed by atoms with E-state index in [1.807, 2.05) is 0 Å². The van der Waals surface area contributed by atoms with Crippen LogP contribution in [-0.2, 0) is 4.79 Å². The van der Waals surface area contributed by atoms with Gasteiger partial charge in [0, 0.05) is 43.2 Å². The number of amides is 1. The highest BCUT2D eigenvalue weighted by Gasteiger charge is 2.26. The number of nitrogens with one attached hydrogen (secondary N) is 1. The molecule has 25 heavy (non-hydrogen) atoms. The van der Waals surface area contributed by atoms with Crippen molar-refractivity contribution in [1.82, 2.24) is 9.97 Å². The maximum absolute atomic E-state index is 12.4. The number of nitro groups is 1. The molecular weight excluding hydrogens is 326 g/mol. The summed E-state index contributed by atoms with van der Waals surface area (Å²) in [6, 6.07) is 3.79. The van der Waals surface area contributed by atoms with Crippen LogP contribution in [0.3, 0.4) is 0 Å². The van der Waals surface area contributed by atoms with E-state index in [-0.39, 0.29) is 11.8 Å². The molecule has 0 unspecified atom stereocenters. The number of nitro benzene ring substituents is 1. The van der Waals surface area contributed by atoms with Crippen LogP contribution >= 0.6 is 0 Å². The maximum atomic E-state index is 12.4. The molecule has 0 radical (unpaired) electrons. The molecule has 9 nitrogen and oxygen atoms in total. The first-order valence-electron chi connectivity index (χ1n) is 7.84. The van der Waals surface area contributed by atoms with Crippen LogP contribution in [0.5, 0.6) is 5.75 Å². The quantitative estimate of drug-likeness (QED) is 0.494. The molecule has 2 aromatic rings. The minimum atomic E-state index is -0.690. The lowest BCUT2D eigenvalue weighted by Crippen LogP contribution is -2.38. The zero-order valence-corrected chi connectivity index (χ0v) is 13.3. The van der Waals surface area contributed by atoms with E-state index >= 15 is 0 Å². The Kier molecular flexibility index (Phi) is 4.73. The average Bonchev–Trinajstić information content (AvgIpc) is 2.64. The number of hydrogen-bond donors (Lipinski definition) is 2. The van der Waals surface area contributed by atoms with E-state index in [0.717, 1.165) is 11.9 Å². The van der Waals surface area contributed by atoms with E-state index in [1.54, 1.807) is 18.6 Å². The summed E-state index contributed by atoms with van der Waals surface area (Å²) in [5.41, 5.74) is -0.138. The molecule has 0 saturated carbocycles. The lowest BCUT2D eigenvalue weighted by molar-refractivity contribution is -0.385. The number of phenolic OH excluding ortho intramolecular Hbond substituents is 1. The highest BCUT2D eigenvalue weighted by Crippen LogP contribution is 2.29. The summed E-state index contributed by atoms with van der Waals surface area (Å²) in [5.74, 6) is -0.00430. The number of benzene rings is 1. The third kappa shape index (κ3) is 3.82. The van der Waals surface area contributed by atoms with E-state index in [1.165, 1.54) is 12.1 Å². The van der Waals surface area contributed by atoms with Crippen molar-refractivity contribution in [3.8, 4) is 5.75 Å². The Balaban J connectivity index is 1.60.